The van der Waals surface area contributed by atoms with Gasteiger partial charge in [0.2, 0.25) is 10.0 Å². The fraction of sp³-hybridized carbons (Fsp3) is 0.235. The van der Waals surface area contributed by atoms with Crippen molar-refractivity contribution in [2.24, 2.45) is 0 Å². The third-order valence-electron chi connectivity index (χ3n) is 6.95. The van der Waals surface area contributed by atoms with Crippen LogP contribution >= 0.6 is 0 Å². The van der Waals surface area contributed by atoms with E-state index in [1.54, 1.807) is 56.7 Å². The molecule has 1 N–H and O–H groups in total. The molecule has 4 rings (SSSR count). The molecule has 0 fully saturated rings. The van der Waals surface area contributed by atoms with E-state index in [2.05, 4.69) is 5.32 Å². The van der Waals surface area contributed by atoms with E-state index in [4.69, 9.17) is 13.9 Å². The number of methoxy groups -OCH3 is 2. The summed E-state index contributed by atoms with van der Waals surface area (Å²) in [5.41, 5.74) is 3.64. The Morgan fingerprint density at radius 3 is 2.16 bits per heavy atom. The maximum Gasteiger partial charge on any atom is 0.262 e. The molecule has 3 aromatic carbocycles. The number of nitrogens with one attached hydrogen (secondary N) is 1. The Labute approximate surface area is 258 Å². The van der Waals surface area contributed by atoms with Crippen molar-refractivity contribution >= 4 is 22.0 Å². The molecule has 0 aliphatic heterocycles. The van der Waals surface area contributed by atoms with Crippen LogP contribution in [0.2, 0.25) is 0 Å². The summed E-state index contributed by atoms with van der Waals surface area (Å²) < 4.78 is 45.2. The number of amides is 1. The van der Waals surface area contributed by atoms with E-state index >= 15 is 0 Å². The summed E-state index contributed by atoms with van der Waals surface area (Å²) in [6.07, 6.45) is 1.86. The molecule has 0 atom stereocenters. The number of hydrogen-bond donors (Lipinski definition) is 1. The molecule has 0 spiro atoms. The summed E-state index contributed by atoms with van der Waals surface area (Å²) in [5, 5.41) is 12.4. The van der Waals surface area contributed by atoms with Crippen LogP contribution in [0.15, 0.2) is 93.7 Å². The number of carbonyl (C=O) groups is 1. The highest BCUT2D eigenvalue weighted by molar-refractivity contribution is 7.89. The van der Waals surface area contributed by atoms with Crippen LogP contribution < -0.4 is 14.8 Å². The molecule has 0 unspecified atom stereocenters. The second-order valence-electron chi connectivity index (χ2n) is 10.2. The van der Waals surface area contributed by atoms with Crippen molar-refractivity contribution in [2.45, 2.75) is 38.3 Å². The lowest BCUT2D eigenvalue weighted by Crippen LogP contribution is -2.30. The number of nitrogens with zero attached hydrogens (tertiary/aromatic N) is 2. The summed E-state index contributed by atoms with van der Waals surface area (Å²) >= 11 is 0. The lowest BCUT2D eigenvalue weighted by atomic mass is 10.1. The number of sulfonamides is 1. The van der Waals surface area contributed by atoms with Crippen LogP contribution in [0.5, 0.6) is 11.5 Å². The van der Waals surface area contributed by atoms with Gasteiger partial charge in [-0.2, -0.15) is 9.57 Å². The molecule has 1 aromatic heterocycles. The van der Waals surface area contributed by atoms with Crippen molar-refractivity contribution in [2.75, 3.05) is 20.8 Å². The van der Waals surface area contributed by atoms with Crippen LogP contribution in [-0.2, 0) is 34.3 Å². The van der Waals surface area contributed by atoms with Crippen molar-refractivity contribution in [3.63, 3.8) is 0 Å². The summed E-state index contributed by atoms with van der Waals surface area (Å²) in [4.78, 5) is 12.9. The lowest BCUT2D eigenvalue weighted by molar-refractivity contribution is -0.117. The predicted molar refractivity (Wildman–Crippen MR) is 167 cm³/mol. The number of rotatable bonds is 13. The highest BCUT2D eigenvalue weighted by Gasteiger charge is 2.26. The number of nitriles is 1. The van der Waals surface area contributed by atoms with Crippen molar-refractivity contribution in [1.29, 1.82) is 5.26 Å². The molecule has 0 bridgehead atoms. The second kappa shape index (κ2) is 14.6. The van der Waals surface area contributed by atoms with Gasteiger partial charge >= 0.3 is 0 Å². The number of aryl methyl sites for hydroxylation is 2. The number of benzene rings is 3. The van der Waals surface area contributed by atoms with Gasteiger partial charge in [-0.05, 0) is 67.8 Å². The van der Waals surface area contributed by atoms with Gasteiger partial charge in [-0.25, -0.2) is 8.42 Å². The molecular weight excluding hydrogens is 578 g/mol. The highest BCUT2D eigenvalue weighted by Crippen LogP contribution is 2.28. The Morgan fingerprint density at radius 2 is 1.52 bits per heavy atom. The normalized spacial score (nSPS) is 11.7. The zero-order valence-corrected chi connectivity index (χ0v) is 26.0. The third kappa shape index (κ3) is 8.16. The van der Waals surface area contributed by atoms with E-state index in [-0.39, 0.29) is 29.3 Å². The lowest BCUT2D eigenvalue weighted by Gasteiger charge is -2.21. The van der Waals surface area contributed by atoms with Gasteiger partial charge in [-0.1, -0.05) is 53.6 Å². The van der Waals surface area contributed by atoms with Crippen molar-refractivity contribution in [3.05, 3.63) is 118 Å². The molecule has 10 heteroatoms. The number of furan rings is 1. The molecule has 0 aliphatic rings. The Bertz CT molecular complexity index is 1770. The van der Waals surface area contributed by atoms with Gasteiger partial charge in [-0.3, -0.25) is 4.79 Å². The van der Waals surface area contributed by atoms with E-state index in [0.29, 0.717) is 30.2 Å². The van der Waals surface area contributed by atoms with Crippen LogP contribution in [0.25, 0.3) is 6.08 Å². The minimum absolute atomic E-state index is 0.0443. The number of ether oxygens (including phenoxy) is 2. The average molecular weight is 614 g/mol. The minimum atomic E-state index is -3.87. The zero-order chi connectivity index (χ0) is 31.7. The summed E-state index contributed by atoms with van der Waals surface area (Å²) in [7, 11) is -0.758. The van der Waals surface area contributed by atoms with Gasteiger partial charge in [0.1, 0.15) is 23.2 Å². The van der Waals surface area contributed by atoms with E-state index in [9.17, 15) is 18.5 Å². The van der Waals surface area contributed by atoms with Crippen molar-refractivity contribution in [3.8, 4) is 17.6 Å². The molecule has 9 nitrogen and oxygen atoms in total. The molecule has 0 saturated carbocycles. The Morgan fingerprint density at radius 1 is 0.886 bits per heavy atom. The highest BCUT2D eigenvalue weighted by atomic mass is 32.2. The van der Waals surface area contributed by atoms with Crippen molar-refractivity contribution < 1.29 is 27.1 Å². The first kappa shape index (κ1) is 32.1. The molecule has 0 radical (unpaired) electrons. The second-order valence-corrected chi connectivity index (χ2v) is 12.2. The Kier molecular flexibility index (Phi) is 10.6. The van der Waals surface area contributed by atoms with E-state index in [1.165, 1.54) is 10.4 Å². The van der Waals surface area contributed by atoms with Gasteiger partial charge < -0.3 is 19.2 Å². The number of hydrogen-bond acceptors (Lipinski definition) is 7. The molecule has 0 saturated heterocycles. The fourth-order valence-corrected chi connectivity index (χ4v) is 5.85. The van der Waals surface area contributed by atoms with E-state index in [1.807, 2.05) is 56.3 Å². The van der Waals surface area contributed by atoms with Gasteiger partial charge in [-0.15, -0.1) is 0 Å². The summed E-state index contributed by atoms with van der Waals surface area (Å²) in [6.45, 7) is 4.25. The number of carbonyl (C=O) groups excluding carboxylic acids is 1. The predicted octanol–water partition coefficient (Wildman–Crippen LogP) is 5.57. The molecule has 0 aliphatic carbocycles. The molecule has 1 heterocycles. The fourth-order valence-electron chi connectivity index (χ4n) is 4.46. The van der Waals surface area contributed by atoms with Crippen LogP contribution in [0, 0.1) is 25.2 Å². The smallest absolute Gasteiger partial charge is 0.262 e. The quantitative estimate of drug-likeness (QED) is 0.155. The average Bonchev–Trinajstić information content (AvgIpc) is 3.47. The third-order valence-corrected chi connectivity index (χ3v) is 8.76. The SMILES string of the molecule is COc1ccc(CCNC(=O)C(C#N)=Cc2ccc(CN(Cc3ccc(C)cc3)S(=O)(=O)c3ccc(C)cc3)o2)cc1OC. The van der Waals surface area contributed by atoms with Gasteiger partial charge in [0.25, 0.3) is 5.91 Å². The van der Waals surface area contributed by atoms with E-state index < -0.39 is 15.9 Å². The molecular formula is C34H35N3O6S. The first-order valence-corrected chi connectivity index (χ1v) is 15.4. The molecule has 228 valence electrons. The maximum absolute atomic E-state index is 13.7. The molecule has 1 amide bonds. The maximum atomic E-state index is 13.7. The zero-order valence-electron chi connectivity index (χ0n) is 25.2. The topological polar surface area (TPSA) is 122 Å². The standard InChI is InChI=1S/C34H35N3O6S/c1-24-5-9-27(10-6-24)22-37(44(39,40)31-14-7-25(2)8-15-31)23-30-13-12-29(43-30)20-28(21-35)34(38)36-18-17-26-11-16-32(41-3)33(19-26)42-4/h5-16,19-20H,17-18,22-23H2,1-4H3,(H,36,38). The monoisotopic (exact) mass is 613 g/mol. The van der Waals surface area contributed by atoms with Gasteiger partial charge in [0.15, 0.2) is 11.5 Å². The first-order chi connectivity index (χ1) is 21.1. The molecule has 44 heavy (non-hydrogen) atoms. The Hall–Kier alpha value is -4.85. The Balaban J connectivity index is 1.47. The van der Waals surface area contributed by atoms with Crippen LogP contribution in [0.4, 0.5) is 0 Å². The van der Waals surface area contributed by atoms with Crippen LogP contribution in [-0.4, -0.2) is 39.4 Å². The summed E-state index contributed by atoms with van der Waals surface area (Å²) in [6, 6.07) is 25.0. The van der Waals surface area contributed by atoms with E-state index in [0.717, 1.165) is 22.3 Å². The van der Waals surface area contributed by atoms with Crippen LogP contribution in [0.1, 0.15) is 33.8 Å². The van der Waals surface area contributed by atoms with Gasteiger partial charge in [0, 0.05) is 19.2 Å². The summed E-state index contributed by atoms with van der Waals surface area (Å²) in [5.74, 6) is 1.28. The van der Waals surface area contributed by atoms with Crippen molar-refractivity contribution in [1.82, 2.24) is 9.62 Å². The van der Waals surface area contributed by atoms with Crippen LogP contribution in [0.3, 0.4) is 0 Å². The first-order valence-electron chi connectivity index (χ1n) is 13.9. The minimum Gasteiger partial charge on any atom is -0.493 e. The largest absolute Gasteiger partial charge is 0.493 e. The molecule has 4 aromatic rings. The van der Waals surface area contributed by atoms with Gasteiger partial charge in [0.05, 0.1) is 25.7 Å².